The molecule has 1 heterocycles. The van der Waals surface area contributed by atoms with Crippen molar-refractivity contribution in [3.63, 3.8) is 0 Å². The zero-order chi connectivity index (χ0) is 24.8. The van der Waals surface area contributed by atoms with Gasteiger partial charge in [0.15, 0.2) is 0 Å². The Kier molecular flexibility index (Phi) is 16.4. The molecule has 0 saturated carbocycles. The predicted molar refractivity (Wildman–Crippen MR) is 152 cm³/mol. The predicted octanol–water partition coefficient (Wildman–Crippen LogP) is 10.2. The van der Waals surface area contributed by atoms with Crippen LogP contribution in [0.3, 0.4) is 0 Å². The van der Waals surface area contributed by atoms with Gasteiger partial charge < -0.3 is 4.98 Å². The highest BCUT2D eigenvalue weighted by Gasteiger charge is 2.07. The Morgan fingerprint density at radius 2 is 1.03 bits per heavy atom. The molecule has 0 aliphatic carbocycles. The van der Waals surface area contributed by atoms with Crippen molar-refractivity contribution in [3.8, 4) is 0 Å². The number of aromatic amines is 1. The lowest BCUT2D eigenvalue weighted by Crippen LogP contribution is -2.02. The van der Waals surface area contributed by atoms with Gasteiger partial charge in [0.25, 0.3) is 0 Å². The summed E-state index contributed by atoms with van der Waals surface area (Å²) in [6, 6.07) is 19.4. The van der Waals surface area contributed by atoms with Gasteiger partial charge in [0.2, 0.25) is 5.78 Å². The van der Waals surface area contributed by atoms with Gasteiger partial charge in [-0.05, 0) is 24.5 Å². The van der Waals surface area contributed by atoms with Gasteiger partial charge in [-0.25, -0.2) is 0 Å². The van der Waals surface area contributed by atoms with Gasteiger partial charge in [-0.1, -0.05) is 158 Å². The number of aryl methyl sites for hydroxylation is 1. The number of benzene rings is 1. The molecule has 1 aromatic heterocycles. The monoisotopic (exact) mass is 475 g/mol. The Hall–Kier alpha value is -2.35. The van der Waals surface area contributed by atoms with E-state index in [0.29, 0.717) is 11.3 Å². The van der Waals surface area contributed by atoms with E-state index in [1.165, 1.54) is 108 Å². The van der Waals surface area contributed by atoms with Crippen LogP contribution in [0.2, 0.25) is 0 Å². The summed E-state index contributed by atoms with van der Waals surface area (Å²) in [7, 11) is 0. The Bertz CT molecular complexity index is 837. The third-order valence-corrected chi connectivity index (χ3v) is 6.81. The fourth-order valence-corrected chi connectivity index (χ4v) is 4.58. The number of carbonyl (C=O) groups is 1. The standard InChI is InChI=1S/C33H49NO/c1-2-3-4-5-6-7-8-9-10-11-12-13-14-15-16-19-24-30-25-20-17-23-28-32(34-29-30)33(35)31-26-21-18-22-27-31/h17-18,20-23,25-29,34H,2-16,19,24H2,1H3. The Morgan fingerprint density at radius 3 is 1.57 bits per heavy atom. The number of aromatic nitrogens is 1. The minimum Gasteiger partial charge on any atom is -0.358 e. The molecular formula is C33H49NO. The number of H-pyrrole nitrogens is 1. The number of hydrogen-bond donors (Lipinski definition) is 1. The van der Waals surface area contributed by atoms with E-state index in [2.05, 4.69) is 24.0 Å². The first kappa shape index (κ1) is 28.9. The van der Waals surface area contributed by atoms with Crippen molar-refractivity contribution in [1.82, 2.24) is 4.98 Å². The summed E-state index contributed by atoms with van der Waals surface area (Å²) in [5.41, 5.74) is 2.56. The summed E-state index contributed by atoms with van der Waals surface area (Å²) in [6.45, 7) is 2.29. The molecule has 0 saturated heterocycles. The molecule has 2 rings (SSSR count). The first-order valence-corrected chi connectivity index (χ1v) is 14.4. The van der Waals surface area contributed by atoms with Crippen molar-refractivity contribution in [1.29, 1.82) is 0 Å². The Morgan fingerprint density at radius 1 is 0.571 bits per heavy atom. The van der Waals surface area contributed by atoms with Gasteiger partial charge in [-0.2, -0.15) is 0 Å². The molecule has 0 radical (unpaired) electrons. The second-order valence-electron chi connectivity index (χ2n) is 9.94. The molecule has 0 unspecified atom stereocenters. The topological polar surface area (TPSA) is 32.9 Å². The highest BCUT2D eigenvalue weighted by atomic mass is 16.1. The van der Waals surface area contributed by atoms with Crippen molar-refractivity contribution in [2.75, 3.05) is 0 Å². The zero-order valence-electron chi connectivity index (χ0n) is 22.3. The number of unbranched alkanes of at least 4 members (excludes halogenated alkanes) is 15. The van der Waals surface area contributed by atoms with E-state index in [1.807, 2.05) is 54.7 Å². The molecule has 1 aromatic carbocycles. The van der Waals surface area contributed by atoms with E-state index in [4.69, 9.17) is 0 Å². The van der Waals surface area contributed by atoms with E-state index >= 15 is 0 Å². The lowest BCUT2D eigenvalue weighted by Gasteiger charge is -2.04. The number of nitrogens with one attached hydrogen (secondary N) is 1. The molecule has 2 nitrogen and oxygen atoms in total. The summed E-state index contributed by atoms with van der Waals surface area (Å²) in [5.74, 6) is 0.0233. The molecule has 0 amide bonds. The van der Waals surface area contributed by atoms with Crippen molar-refractivity contribution >= 4 is 5.78 Å². The van der Waals surface area contributed by atoms with Crippen molar-refractivity contribution in [2.45, 2.75) is 116 Å². The lowest BCUT2D eigenvalue weighted by atomic mass is 10.0. The maximum atomic E-state index is 12.8. The van der Waals surface area contributed by atoms with Crippen LogP contribution in [-0.4, -0.2) is 10.8 Å². The summed E-state index contributed by atoms with van der Waals surface area (Å²) < 4.78 is 0. The SMILES string of the molecule is CCCCCCCCCCCCCCCCCCc1cccccc(C(=O)c2ccccc2)[nH]c1. The van der Waals surface area contributed by atoms with Crippen LogP contribution in [-0.2, 0) is 6.42 Å². The summed E-state index contributed by atoms with van der Waals surface area (Å²) in [6.07, 6.45) is 25.3. The van der Waals surface area contributed by atoms with Crippen LogP contribution in [0.25, 0.3) is 0 Å². The van der Waals surface area contributed by atoms with Gasteiger partial charge in [0.05, 0.1) is 5.69 Å². The van der Waals surface area contributed by atoms with Gasteiger partial charge in [0, 0.05) is 11.8 Å². The zero-order valence-corrected chi connectivity index (χ0v) is 22.3. The molecule has 0 aliphatic heterocycles. The van der Waals surface area contributed by atoms with Gasteiger partial charge in [-0.15, -0.1) is 0 Å². The molecule has 0 spiro atoms. The summed E-state index contributed by atoms with van der Waals surface area (Å²) in [5, 5.41) is 0. The number of hydrogen-bond acceptors (Lipinski definition) is 1. The normalized spacial score (nSPS) is 10.8. The van der Waals surface area contributed by atoms with Crippen LogP contribution in [0.15, 0.2) is 66.9 Å². The van der Waals surface area contributed by atoms with E-state index < -0.39 is 0 Å². The fourth-order valence-electron chi connectivity index (χ4n) is 4.58. The van der Waals surface area contributed by atoms with Crippen LogP contribution in [0.1, 0.15) is 131 Å². The molecule has 0 atom stereocenters. The van der Waals surface area contributed by atoms with Crippen molar-refractivity contribution < 1.29 is 4.79 Å². The third kappa shape index (κ3) is 14.0. The lowest BCUT2D eigenvalue weighted by molar-refractivity contribution is 0.103. The third-order valence-electron chi connectivity index (χ3n) is 6.81. The van der Waals surface area contributed by atoms with Crippen LogP contribution in [0.5, 0.6) is 0 Å². The van der Waals surface area contributed by atoms with Gasteiger partial charge in [-0.3, -0.25) is 4.79 Å². The molecule has 2 heteroatoms. The molecule has 0 aliphatic rings. The molecule has 1 N–H and O–H groups in total. The molecule has 0 bridgehead atoms. The van der Waals surface area contributed by atoms with Crippen LogP contribution >= 0.6 is 0 Å². The first-order chi connectivity index (χ1) is 17.3. The van der Waals surface area contributed by atoms with Crippen molar-refractivity contribution in [2.24, 2.45) is 0 Å². The van der Waals surface area contributed by atoms with Crippen molar-refractivity contribution in [3.05, 3.63) is 83.7 Å². The second-order valence-corrected chi connectivity index (χ2v) is 9.94. The number of ketones is 1. The Labute approximate surface area is 215 Å². The molecule has 2 aromatic rings. The number of carbonyl (C=O) groups excluding carboxylic acids is 1. The Balaban J connectivity index is 1.56. The smallest absolute Gasteiger partial charge is 0.209 e. The largest absolute Gasteiger partial charge is 0.358 e. The highest BCUT2D eigenvalue weighted by Crippen LogP contribution is 2.14. The van der Waals surface area contributed by atoms with E-state index in [9.17, 15) is 4.79 Å². The molecular weight excluding hydrogens is 426 g/mol. The quantitative estimate of drug-likeness (QED) is 0.159. The first-order valence-electron chi connectivity index (χ1n) is 14.4. The minimum absolute atomic E-state index is 0.0233. The summed E-state index contributed by atoms with van der Waals surface area (Å²) in [4.78, 5) is 16.0. The van der Waals surface area contributed by atoms with E-state index in [-0.39, 0.29) is 5.78 Å². The maximum absolute atomic E-state index is 12.8. The fraction of sp³-hybridized carbons (Fsp3) is 0.545. The van der Waals surface area contributed by atoms with Gasteiger partial charge >= 0.3 is 0 Å². The average molecular weight is 476 g/mol. The van der Waals surface area contributed by atoms with Crippen LogP contribution < -0.4 is 0 Å². The van der Waals surface area contributed by atoms with E-state index in [0.717, 1.165) is 6.42 Å². The maximum Gasteiger partial charge on any atom is 0.209 e. The molecule has 0 fully saturated rings. The van der Waals surface area contributed by atoms with Gasteiger partial charge in [0.1, 0.15) is 0 Å². The minimum atomic E-state index is 0.0233. The summed E-state index contributed by atoms with van der Waals surface area (Å²) >= 11 is 0. The molecule has 192 valence electrons. The highest BCUT2D eigenvalue weighted by molar-refractivity contribution is 6.07. The average Bonchev–Trinajstić information content (AvgIpc) is 3.01. The van der Waals surface area contributed by atoms with Crippen LogP contribution in [0.4, 0.5) is 0 Å². The van der Waals surface area contributed by atoms with E-state index in [1.54, 1.807) is 0 Å². The number of rotatable bonds is 19. The molecule has 35 heavy (non-hydrogen) atoms. The second kappa shape index (κ2) is 19.9. The van der Waals surface area contributed by atoms with Crippen LogP contribution in [0, 0.1) is 0 Å².